The van der Waals surface area contributed by atoms with E-state index in [4.69, 9.17) is 5.73 Å². The molecule has 1 aromatic carbocycles. The summed E-state index contributed by atoms with van der Waals surface area (Å²) in [4.78, 5) is 36.2. The lowest BCUT2D eigenvalue weighted by molar-refractivity contribution is -0.117. The van der Waals surface area contributed by atoms with Crippen LogP contribution in [0.5, 0.6) is 0 Å². The number of nitrogens with zero attached hydrogens (tertiary/aromatic N) is 2. The van der Waals surface area contributed by atoms with Crippen molar-refractivity contribution in [2.24, 2.45) is 5.73 Å². The Labute approximate surface area is 204 Å². The predicted molar refractivity (Wildman–Crippen MR) is 137 cm³/mol. The Morgan fingerprint density at radius 2 is 1.91 bits per heavy atom. The van der Waals surface area contributed by atoms with E-state index in [-0.39, 0.29) is 17.7 Å². The van der Waals surface area contributed by atoms with E-state index in [0.29, 0.717) is 11.1 Å². The van der Waals surface area contributed by atoms with E-state index in [1.807, 2.05) is 36.5 Å². The van der Waals surface area contributed by atoms with E-state index in [1.54, 1.807) is 43.7 Å². The van der Waals surface area contributed by atoms with Crippen LogP contribution in [0, 0.1) is 0 Å². The molecule has 2 unspecified atom stereocenters. The molecule has 1 saturated heterocycles. The Morgan fingerprint density at radius 3 is 2.66 bits per heavy atom. The van der Waals surface area contributed by atoms with Crippen LogP contribution in [-0.2, 0) is 4.79 Å². The van der Waals surface area contributed by atoms with Crippen LogP contribution in [0.15, 0.2) is 78.8 Å². The van der Waals surface area contributed by atoms with Gasteiger partial charge in [0.05, 0.1) is 6.04 Å². The number of nitrogens with one attached hydrogen (secondary N) is 3. The smallest absolute Gasteiger partial charge is 0.248 e. The Kier molecular flexibility index (Phi) is 6.23. The van der Waals surface area contributed by atoms with Gasteiger partial charge in [0.25, 0.3) is 0 Å². The normalized spacial score (nSPS) is 22.7. The van der Waals surface area contributed by atoms with Crippen molar-refractivity contribution in [2.45, 2.75) is 30.5 Å². The second-order valence-corrected chi connectivity index (χ2v) is 9.17. The maximum Gasteiger partial charge on any atom is 0.248 e. The van der Waals surface area contributed by atoms with Crippen molar-refractivity contribution < 1.29 is 9.59 Å². The number of H-pyrrole nitrogens is 1. The number of amides is 1. The number of piperidine rings is 1. The number of hydrogen-bond acceptors (Lipinski definition) is 6. The van der Waals surface area contributed by atoms with Gasteiger partial charge in [0.1, 0.15) is 5.54 Å². The average Bonchev–Trinajstić information content (AvgIpc) is 3.38. The number of allylic oxidation sites excluding steroid dienone is 2. The molecule has 3 heterocycles. The number of carbonyl (C=O) groups is 2. The van der Waals surface area contributed by atoms with E-state index in [0.717, 1.165) is 42.5 Å². The Hall–Kier alpha value is -3.75. The highest BCUT2D eigenvalue weighted by Crippen LogP contribution is 2.29. The number of Topliss-reactive ketones (excluding diaryl/α,β-unsaturated/α-hetero) is 1. The van der Waals surface area contributed by atoms with Crippen LogP contribution in [-0.4, -0.2) is 59.4 Å². The minimum Gasteiger partial charge on any atom is -0.371 e. The largest absolute Gasteiger partial charge is 0.371 e. The molecule has 35 heavy (non-hydrogen) atoms. The average molecular weight is 471 g/mol. The van der Waals surface area contributed by atoms with Gasteiger partial charge >= 0.3 is 0 Å². The summed E-state index contributed by atoms with van der Waals surface area (Å²) < 4.78 is 0. The summed E-state index contributed by atoms with van der Waals surface area (Å²) in [6.45, 7) is 1.72. The first-order valence-corrected chi connectivity index (χ1v) is 11.9. The molecule has 1 aliphatic heterocycles. The van der Waals surface area contributed by atoms with Crippen molar-refractivity contribution in [1.29, 1.82) is 0 Å². The summed E-state index contributed by atoms with van der Waals surface area (Å²) in [5.41, 5.74) is 8.45. The first-order valence-electron chi connectivity index (χ1n) is 11.9. The summed E-state index contributed by atoms with van der Waals surface area (Å²) in [6.07, 6.45) is 12.3. The van der Waals surface area contributed by atoms with Crippen LogP contribution in [0.4, 0.5) is 5.69 Å². The van der Waals surface area contributed by atoms with Crippen molar-refractivity contribution in [3.05, 3.63) is 84.4 Å². The lowest BCUT2D eigenvalue weighted by atomic mass is 9.75. The fourth-order valence-electron chi connectivity index (χ4n) is 5.08. The van der Waals surface area contributed by atoms with E-state index in [9.17, 15) is 9.59 Å². The van der Waals surface area contributed by atoms with E-state index in [1.165, 1.54) is 0 Å². The quantitative estimate of drug-likeness (QED) is 0.411. The fraction of sp³-hybridized carbons (Fsp3) is 0.296. The standard InChI is InChI=1S/C27H30N6O2/c1-29-26(35)22-3-2-11-27(28,25(34)19-5-4-18-6-14-31-23(18)17-19)24(22)32-20-9-15-33(16-10-20)21-7-12-30-13-8-21/h2-8,11-14,17,20,24,31-32H,9-10,15-16,28H2,1H3,(H,29,35). The van der Waals surface area contributed by atoms with Gasteiger partial charge in [-0.15, -0.1) is 0 Å². The SMILES string of the molecule is CNC(=O)C1=CC=CC(N)(C(=O)c2ccc3cc[nH]c3c2)C1NC1CCN(c2ccncc2)CC1. The number of pyridine rings is 1. The van der Waals surface area contributed by atoms with Crippen LogP contribution in [0.1, 0.15) is 23.2 Å². The van der Waals surface area contributed by atoms with Crippen LogP contribution in [0.3, 0.4) is 0 Å². The minimum atomic E-state index is -1.40. The predicted octanol–water partition coefficient (Wildman–Crippen LogP) is 2.31. The number of aromatic nitrogens is 2. The molecule has 0 bridgehead atoms. The summed E-state index contributed by atoms with van der Waals surface area (Å²) in [6, 6.07) is 11.0. The molecule has 0 radical (unpaired) electrons. The van der Waals surface area contributed by atoms with Crippen molar-refractivity contribution >= 4 is 28.3 Å². The molecule has 5 rings (SSSR count). The number of likely N-dealkylation sites (N-methyl/N-ethyl adjacent to an activating group) is 1. The highest BCUT2D eigenvalue weighted by atomic mass is 16.2. The zero-order valence-electron chi connectivity index (χ0n) is 19.7. The molecule has 8 heteroatoms. The van der Waals surface area contributed by atoms with Crippen LogP contribution in [0.25, 0.3) is 10.9 Å². The second kappa shape index (κ2) is 9.48. The Morgan fingerprint density at radius 1 is 1.14 bits per heavy atom. The Balaban J connectivity index is 1.40. The van der Waals surface area contributed by atoms with Crippen LogP contribution < -0.4 is 21.3 Å². The van der Waals surface area contributed by atoms with Crippen molar-refractivity contribution in [1.82, 2.24) is 20.6 Å². The van der Waals surface area contributed by atoms with E-state index < -0.39 is 11.6 Å². The van der Waals surface area contributed by atoms with Gasteiger partial charge in [0.15, 0.2) is 5.78 Å². The first-order chi connectivity index (χ1) is 17.0. The number of nitrogens with two attached hydrogens (primary N) is 1. The third-order valence-corrected chi connectivity index (χ3v) is 7.06. The number of benzene rings is 1. The zero-order chi connectivity index (χ0) is 24.4. The summed E-state index contributed by atoms with van der Waals surface area (Å²) in [5, 5.41) is 7.32. The maximum atomic E-state index is 13.8. The van der Waals surface area contributed by atoms with Gasteiger partial charge in [-0.2, -0.15) is 0 Å². The Bertz CT molecular complexity index is 1290. The van der Waals surface area contributed by atoms with Crippen molar-refractivity contribution in [3.63, 3.8) is 0 Å². The molecule has 1 amide bonds. The fourth-order valence-corrected chi connectivity index (χ4v) is 5.08. The molecule has 1 fully saturated rings. The van der Waals surface area contributed by atoms with Crippen molar-refractivity contribution in [2.75, 3.05) is 25.0 Å². The maximum absolute atomic E-state index is 13.8. The number of aromatic amines is 1. The molecular weight excluding hydrogens is 440 g/mol. The summed E-state index contributed by atoms with van der Waals surface area (Å²) >= 11 is 0. The number of carbonyl (C=O) groups excluding carboxylic acids is 2. The van der Waals surface area contributed by atoms with Gasteiger partial charge in [0, 0.05) is 67.1 Å². The molecular formula is C27H30N6O2. The third kappa shape index (κ3) is 4.38. The van der Waals surface area contributed by atoms with Crippen molar-refractivity contribution in [3.8, 4) is 0 Å². The molecule has 180 valence electrons. The lowest BCUT2D eigenvalue weighted by Crippen LogP contribution is -2.66. The number of anilines is 1. The van der Waals surface area contributed by atoms with Gasteiger partial charge in [-0.1, -0.05) is 30.4 Å². The van der Waals surface area contributed by atoms with E-state index in [2.05, 4.69) is 25.5 Å². The van der Waals surface area contributed by atoms with Gasteiger partial charge in [0.2, 0.25) is 5.91 Å². The summed E-state index contributed by atoms with van der Waals surface area (Å²) in [7, 11) is 1.59. The molecule has 5 N–H and O–H groups in total. The molecule has 8 nitrogen and oxygen atoms in total. The van der Waals surface area contributed by atoms with Crippen LogP contribution >= 0.6 is 0 Å². The monoisotopic (exact) mass is 470 g/mol. The van der Waals surface area contributed by atoms with Gasteiger partial charge in [-0.25, -0.2) is 0 Å². The summed E-state index contributed by atoms with van der Waals surface area (Å²) in [5.74, 6) is -0.477. The minimum absolute atomic E-state index is 0.110. The molecule has 3 aromatic rings. The van der Waals surface area contributed by atoms with E-state index >= 15 is 0 Å². The molecule has 1 aliphatic carbocycles. The lowest BCUT2D eigenvalue weighted by Gasteiger charge is -2.42. The number of rotatable bonds is 6. The molecule has 0 spiro atoms. The highest BCUT2D eigenvalue weighted by molar-refractivity contribution is 6.09. The topological polar surface area (TPSA) is 116 Å². The molecule has 2 aromatic heterocycles. The number of fused-ring (bicyclic) bond motifs is 1. The first kappa shape index (κ1) is 23.0. The molecule has 2 atom stereocenters. The van der Waals surface area contributed by atoms with Gasteiger partial charge in [-0.3, -0.25) is 14.6 Å². The van der Waals surface area contributed by atoms with Gasteiger partial charge < -0.3 is 26.3 Å². The number of ketones is 1. The third-order valence-electron chi connectivity index (χ3n) is 7.06. The second-order valence-electron chi connectivity index (χ2n) is 9.17. The molecule has 2 aliphatic rings. The number of hydrogen-bond donors (Lipinski definition) is 4. The van der Waals surface area contributed by atoms with Gasteiger partial charge in [-0.05, 0) is 42.5 Å². The highest BCUT2D eigenvalue weighted by Gasteiger charge is 2.46. The zero-order valence-corrected chi connectivity index (χ0v) is 19.7. The van der Waals surface area contributed by atoms with Crippen LogP contribution in [0.2, 0.25) is 0 Å². The molecule has 0 saturated carbocycles.